The molecule has 2 aromatic carbocycles. The Bertz CT molecular complexity index is 847. The van der Waals surface area contributed by atoms with E-state index in [0.29, 0.717) is 5.92 Å². The van der Waals surface area contributed by atoms with Gasteiger partial charge in [0.1, 0.15) is 5.75 Å². The Balaban J connectivity index is 1.22. The van der Waals surface area contributed by atoms with Gasteiger partial charge >= 0.3 is 0 Å². The van der Waals surface area contributed by atoms with E-state index < -0.39 is 0 Å². The lowest BCUT2D eigenvalue weighted by Gasteiger charge is -2.35. The summed E-state index contributed by atoms with van der Waals surface area (Å²) >= 11 is 6.41. The summed E-state index contributed by atoms with van der Waals surface area (Å²) in [4.78, 5) is 5.01. The maximum atomic E-state index is 6.41. The fraction of sp³-hybridized carbons (Fsp3) is 0.440. The molecule has 5 heteroatoms. The first kappa shape index (κ1) is 21.2. The van der Waals surface area contributed by atoms with E-state index in [4.69, 9.17) is 16.3 Å². The Morgan fingerprint density at radius 1 is 1.03 bits per heavy atom. The second-order valence-corrected chi connectivity index (χ2v) is 8.85. The molecular weight excluding hydrogens is 394 g/mol. The SMILES string of the molecule is COc1ccc(Cl)c(CC2CCN(CC3=CCN(Cc4ccccc4)CN3)CC2)c1. The van der Waals surface area contributed by atoms with Crippen LogP contribution in [0.25, 0.3) is 0 Å². The molecule has 30 heavy (non-hydrogen) atoms. The van der Waals surface area contributed by atoms with E-state index in [1.165, 1.54) is 29.7 Å². The molecule has 0 amide bonds. The topological polar surface area (TPSA) is 27.7 Å². The minimum absolute atomic E-state index is 0.695. The molecule has 4 nitrogen and oxygen atoms in total. The smallest absolute Gasteiger partial charge is 0.119 e. The third-order valence-electron chi connectivity index (χ3n) is 6.24. The number of benzene rings is 2. The van der Waals surface area contributed by atoms with Crippen LogP contribution in [0.3, 0.4) is 0 Å². The average Bonchev–Trinajstić information content (AvgIpc) is 2.79. The summed E-state index contributed by atoms with van der Waals surface area (Å²) < 4.78 is 5.36. The van der Waals surface area contributed by atoms with Crippen molar-refractivity contribution in [1.29, 1.82) is 0 Å². The van der Waals surface area contributed by atoms with Crippen LogP contribution < -0.4 is 10.1 Å². The second kappa shape index (κ2) is 10.3. The van der Waals surface area contributed by atoms with Crippen molar-refractivity contribution >= 4 is 11.6 Å². The van der Waals surface area contributed by atoms with Crippen molar-refractivity contribution < 1.29 is 4.74 Å². The molecule has 0 aliphatic carbocycles. The lowest BCUT2D eigenvalue weighted by Crippen LogP contribution is -2.43. The fourth-order valence-electron chi connectivity index (χ4n) is 4.41. The Kier molecular flexibility index (Phi) is 7.32. The summed E-state index contributed by atoms with van der Waals surface area (Å²) in [5, 5.41) is 4.48. The van der Waals surface area contributed by atoms with Crippen molar-refractivity contribution in [2.45, 2.75) is 25.8 Å². The van der Waals surface area contributed by atoms with Gasteiger partial charge in [0.15, 0.2) is 0 Å². The zero-order valence-electron chi connectivity index (χ0n) is 17.8. The van der Waals surface area contributed by atoms with Gasteiger partial charge in [0.05, 0.1) is 13.8 Å². The number of ether oxygens (including phenoxy) is 1. The predicted octanol–water partition coefficient (Wildman–Crippen LogP) is 4.55. The first-order valence-electron chi connectivity index (χ1n) is 10.9. The zero-order valence-corrected chi connectivity index (χ0v) is 18.6. The normalized spacial score (nSPS) is 18.7. The molecule has 0 atom stereocenters. The number of nitrogens with zero attached hydrogens (tertiary/aromatic N) is 2. The van der Waals surface area contributed by atoms with Gasteiger partial charge in [-0.15, -0.1) is 0 Å². The highest BCUT2D eigenvalue weighted by atomic mass is 35.5. The minimum Gasteiger partial charge on any atom is -0.497 e. The summed E-state index contributed by atoms with van der Waals surface area (Å²) in [6, 6.07) is 16.7. The summed E-state index contributed by atoms with van der Waals surface area (Å²) in [5.74, 6) is 1.59. The highest BCUT2D eigenvalue weighted by Gasteiger charge is 2.22. The van der Waals surface area contributed by atoms with E-state index in [9.17, 15) is 0 Å². The molecule has 0 bridgehead atoms. The summed E-state index contributed by atoms with van der Waals surface area (Å²) in [7, 11) is 1.71. The second-order valence-electron chi connectivity index (χ2n) is 8.44. The lowest BCUT2D eigenvalue weighted by atomic mass is 9.90. The van der Waals surface area contributed by atoms with Crippen LogP contribution in [0.15, 0.2) is 60.3 Å². The standard InChI is InChI=1S/C25H32ClN3O/c1-30-24-7-8-25(26)22(16-24)15-20-9-12-28(13-10-20)18-23-11-14-29(19-27-23)17-21-5-3-2-4-6-21/h2-8,11,16,20,27H,9-10,12-15,17-19H2,1H3. The first-order chi connectivity index (χ1) is 14.7. The first-order valence-corrected chi connectivity index (χ1v) is 11.3. The number of methoxy groups -OCH3 is 1. The lowest BCUT2D eigenvalue weighted by molar-refractivity contribution is 0.187. The third-order valence-corrected chi connectivity index (χ3v) is 6.61. The monoisotopic (exact) mass is 425 g/mol. The van der Waals surface area contributed by atoms with Crippen molar-refractivity contribution in [2.24, 2.45) is 5.92 Å². The Hall–Kier alpha value is -2.01. The molecule has 2 aliphatic heterocycles. The van der Waals surface area contributed by atoms with Gasteiger partial charge in [-0.1, -0.05) is 48.0 Å². The molecule has 2 aromatic rings. The number of nitrogens with one attached hydrogen (secondary N) is 1. The molecule has 0 spiro atoms. The summed E-state index contributed by atoms with van der Waals surface area (Å²) in [6.45, 7) is 6.27. The molecule has 0 unspecified atom stereocenters. The van der Waals surface area contributed by atoms with E-state index in [1.807, 2.05) is 12.1 Å². The maximum absolute atomic E-state index is 6.41. The average molecular weight is 426 g/mol. The Morgan fingerprint density at radius 2 is 1.83 bits per heavy atom. The van der Waals surface area contributed by atoms with E-state index in [2.05, 4.69) is 57.6 Å². The van der Waals surface area contributed by atoms with Crippen LogP contribution in [0.2, 0.25) is 5.02 Å². The van der Waals surface area contributed by atoms with Crippen molar-refractivity contribution in [3.05, 3.63) is 76.5 Å². The molecule has 0 saturated carbocycles. The zero-order chi connectivity index (χ0) is 20.8. The van der Waals surface area contributed by atoms with Crippen LogP contribution in [-0.2, 0) is 13.0 Å². The van der Waals surface area contributed by atoms with Gasteiger partial charge < -0.3 is 10.1 Å². The van der Waals surface area contributed by atoms with Gasteiger partial charge in [-0.25, -0.2) is 0 Å². The quantitative estimate of drug-likeness (QED) is 0.704. The summed E-state index contributed by atoms with van der Waals surface area (Å²) in [5.41, 5.74) is 3.95. The third kappa shape index (κ3) is 5.78. The van der Waals surface area contributed by atoms with Crippen LogP contribution in [0.5, 0.6) is 5.75 Å². The van der Waals surface area contributed by atoms with E-state index in [-0.39, 0.29) is 0 Å². The molecular formula is C25H32ClN3O. The molecule has 2 heterocycles. The molecule has 1 N–H and O–H groups in total. The number of piperidine rings is 1. The van der Waals surface area contributed by atoms with Gasteiger partial charge in [-0.3, -0.25) is 9.80 Å². The fourth-order valence-corrected chi connectivity index (χ4v) is 4.60. The van der Waals surface area contributed by atoms with E-state index in [0.717, 1.165) is 56.6 Å². The van der Waals surface area contributed by atoms with Crippen LogP contribution in [0.4, 0.5) is 0 Å². The van der Waals surface area contributed by atoms with Crippen LogP contribution in [0, 0.1) is 5.92 Å². The van der Waals surface area contributed by atoms with Gasteiger partial charge in [0, 0.05) is 30.4 Å². The van der Waals surface area contributed by atoms with Crippen molar-refractivity contribution in [3.63, 3.8) is 0 Å². The van der Waals surface area contributed by atoms with Crippen molar-refractivity contribution in [1.82, 2.24) is 15.1 Å². The molecule has 0 radical (unpaired) electrons. The molecule has 0 aromatic heterocycles. The molecule has 1 saturated heterocycles. The van der Waals surface area contributed by atoms with Crippen molar-refractivity contribution in [3.8, 4) is 5.75 Å². The highest BCUT2D eigenvalue weighted by Crippen LogP contribution is 2.28. The predicted molar refractivity (Wildman–Crippen MR) is 124 cm³/mol. The number of halogens is 1. The van der Waals surface area contributed by atoms with Gasteiger partial charge in [0.2, 0.25) is 0 Å². The Morgan fingerprint density at radius 3 is 2.53 bits per heavy atom. The van der Waals surface area contributed by atoms with Crippen LogP contribution >= 0.6 is 11.6 Å². The number of hydrogen-bond acceptors (Lipinski definition) is 4. The van der Waals surface area contributed by atoms with Gasteiger partial charge in [-0.05, 0) is 67.6 Å². The maximum Gasteiger partial charge on any atom is 0.119 e. The van der Waals surface area contributed by atoms with E-state index in [1.54, 1.807) is 7.11 Å². The van der Waals surface area contributed by atoms with Crippen LogP contribution in [-0.4, -0.2) is 49.8 Å². The number of hydrogen-bond donors (Lipinski definition) is 1. The molecule has 160 valence electrons. The van der Waals surface area contributed by atoms with E-state index >= 15 is 0 Å². The Labute approximate surface area is 185 Å². The molecule has 1 fully saturated rings. The van der Waals surface area contributed by atoms with Gasteiger partial charge in [-0.2, -0.15) is 0 Å². The minimum atomic E-state index is 0.695. The number of likely N-dealkylation sites (tertiary alicyclic amines) is 1. The van der Waals surface area contributed by atoms with Gasteiger partial charge in [0.25, 0.3) is 0 Å². The molecule has 4 rings (SSSR count). The van der Waals surface area contributed by atoms with Crippen LogP contribution in [0.1, 0.15) is 24.0 Å². The summed E-state index contributed by atoms with van der Waals surface area (Å²) in [6.07, 6.45) is 5.84. The van der Waals surface area contributed by atoms with Crippen molar-refractivity contribution in [2.75, 3.05) is 40.0 Å². The highest BCUT2D eigenvalue weighted by molar-refractivity contribution is 6.31. The largest absolute Gasteiger partial charge is 0.497 e. The number of rotatable bonds is 7. The molecule has 2 aliphatic rings.